The fourth-order valence-corrected chi connectivity index (χ4v) is 7.99. The monoisotopic (exact) mass is 774 g/mol. The van der Waals surface area contributed by atoms with E-state index in [1.807, 2.05) is 72.0 Å². The Labute approximate surface area is 332 Å². The molecule has 0 saturated carbocycles. The first-order valence-corrected chi connectivity index (χ1v) is 20.3. The van der Waals surface area contributed by atoms with Gasteiger partial charge in [-0.25, -0.2) is 0 Å². The van der Waals surface area contributed by atoms with Gasteiger partial charge in [0.05, 0.1) is 54.8 Å². The number of benzene rings is 1. The Morgan fingerprint density at radius 2 is 1.51 bits per heavy atom. The van der Waals surface area contributed by atoms with Gasteiger partial charge in [0.15, 0.2) is 0 Å². The Hall–Kier alpha value is -3.06. The molecule has 1 aliphatic heterocycles. The number of carbonyl (C=O) groups is 4. The SMILES string of the molecule is CCC(C)[C@@H]([C@@H](CC(=O)N1CCCC1[C@H](OC)[C@@H](C)C(=O)N[C@H](C)[C@@H](O)c1ccccc1)OC)N(C)C(=O)[C@@H](NC(=O)[C@H](C(C)C)N(C)C(C)(C)C)C(C)C. The van der Waals surface area contributed by atoms with Gasteiger partial charge < -0.3 is 35.0 Å². The lowest BCUT2D eigenvalue weighted by Crippen LogP contribution is -2.61. The molecule has 1 aromatic carbocycles. The molecule has 1 saturated heterocycles. The molecule has 1 aliphatic rings. The predicted octanol–water partition coefficient (Wildman–Crippen LogP) is 5.04. The molecule has 2 rings (SSSR count). The smallest absolute Gasteiger partial charge is 0.245 e. The van der Waals surface area contributed by atoms with Gasteiger partial charge in [0.25, 0.3) is 0 Å². The highest BCUT2D eigenvalue weighted by Gasteiger charge is 2.43. The van der Waals surface area contributed by atoms with Crippen LogP contribution in [0.5, 0.6) is 0 Å². The van der Waals surface area contributed by atoms with Crippen LogP contribution in [-0.4, -0.2) is 126 Å². The molecule has 10 atom stereocenters. The molecule has 0 radical (unpaired) electrons. The molecule has 12 heteroatoms. The van der Waals surface area contributed by atoms with Gasteiger partial charge in [-0.2, -0.15) is 0 Å². The summed E-state index contributed by atoms with van der Waals surface area (Å²) < 4.78 is 12.0. The standard InChI is InChI=1S/C43H75N5O7/c1-16-28(6)37(46(12)42(53)35(26(2)3)45-41(52)36(27(4)5)47(13)43(9,10)11)33(54-14)25-34(49)48-24-20-23-32(48)39(55-15)29(7)40(51)44-30(8)38(50)31-21-18-17-19-22-31/h17-19,21-22,26-30,32-33,35-39,50H,16,20,23-25H2,1-15H3,(H,44,51)(H,45,52)/t28?,29-,30-,32?,33-,35+,36+,37+,38-,39-/m1/s1. The van der Waals surface area contributed by atoms with Crippen molar-refractivity contribution in [1.82, 2.24) is 25.3 Å². The minimum Gasteiger partial charge on any atom is -0.386 e. The number of aliphatic hydroxyl groups is 1. The van der Waals surface area contributed by atoms with Crippen molar-refractivity contribution in [2.24, 2.45) is 23.7 Å². The zero-order valence-corrected chi connectivity index (χ0v) is 36.6. The van der Waals surface area contributed by atoms with Crippen LogP contribution in [0.15, 0.2) is 30.3 Å². The number of hydrogen-bond acceptors (Lipinski definition) is 8. The van der Waals surface area contributed by atoms with Crippen molar-refractivity contribution in [1.29, 1.82) is 0 Å². The van der Waals surface area contributed by atoms with E-state index in [4.69, 9.17) is 9.47 Å². The third-order valence-corrected chi connectivity index (χ3v) is 11.8. The predicted molar refractivity (Wildman–Crippen MR) is 218 cm³/mol. The van der Waals surface area contributed by atoms with Crippen molar-refractivity contribution >= 4 is 23.6 Å². The summed E-state index contributed by atoms with van der Waals surface area (Å²) in [5, 5.41) is 16.9. The molecular formula is C43H75N5O7. The molecular weight excluding hydrogens is 699 g/mol. The van der Waals surface area contributed by atoms with Crippen molar-refractivity contribution in [3.8, 4) is 0 Å². The van der Waals surface area contributed by atoms with Crippen molar-refractivity contribution in [2.45, 2.75) is 156 Å². The van der Waals surface area contributed by atoms with Gasteiger partial charge in [-0.15, -0.1) is 0 Å². The van der Waals surface area contributed by atoms with Crippen molar-refractivity contribution in [2.75, 3.05) is 34.9 Å². The molecule has 0 spiro atoms. The fraction of sp³-hybridized carbons (Fsp3) is 0.767. The lowest BCUT2D eigenvalue weighted by molar-refractivity contribution is -0.148. The molecule has 2 unspecified atom stereocenters. The van der Waals surface area contributed by atoms with Crippen LogP contribution < -0.4 is 10.6 Å². The van der Waals surface area contributed by atoms with E-state index >= 15 is 0 Å². The van der Waals surface area contributed by atoms with Gasteiger partial charge in [0, 0.05) is 33.4 Å². The number of aliphatic hydroxyl groups excluding tert-OH is 1. The summed E-state index contributed by atoms with van der Waals surface area (Å²) >= 11 is 0. The normalized spacial score (nSPS) is 20.0. The Bertz CT molecular complexity index is 1370. The average molecular weight is 774 g/mol. The molecule has 1 aromatic rings. The zero-order valence-electron chi connectivity index (χ0n) is 36.6. The maximum absolute atomic E-state index is 14.4. The molecule has 0 aromatic heterocycles. The second kappa shape index (κ2) is 21.5. The summed E-state index contributed by atoms with van der Waals surface area (Å²) in [6.45, 7) is 22.2. The highest BCUT2D eigenvalue weighted by atomic mass is 16.5. The third kappa shape index (κ3) is 12.5. The number of methoxy groups -OCH3 is 2. The number of amides is 4. The number of carbonyl (C=O) groups excluding carboxylic acids is 4. The van der Waals surface area contributed by atoms with Crippen LogP contribution in [-0.2, 0) is 28.7 Å². The van der Waals surface area contributed by atoms with E-state index < -0.39 is 48.4 Å². The fourth-order valence-electron chi connectivity index (χ4n) is 7.99. The zero-order chi connectivity index (χ0) is 41.9. The van der Waals surface area contributed by atoms with Gasteiger partial charge >= 0.3 is 0 Å². The quantitative estimate of drug-likeness (QED) is 0.168. The second-order valence-corrected chi connectivity index (χ2v) is 17.4. The first kappa shape index (κ1) is 48.1. The van der Waals surface area contributed by atoms with E-state index in [-0.39, 0.29) is 59.4 Å². The van der Waals surface area contributed by atoms with Gasteiger partial charge in [-0.1, -0.05) is 85.2 Å². The van der Waals surface area contributed by atoms with E-state index in [1.54, 1.807) is 44.9 Å². The molecule has 55 heavy (non-hydrogen) atoms. The number of ether oxygens (including phenoxy) is 2. The van der Waals surface area contributed by atoms with Crippen LogP contribution in [0.25, 0.3) is 0 Å². The van der Waals surface area contributed by atoms with Crippen molar-refractivity contribution in [3.05, 3.63) is 35.9 Å². The summed E-state index contributed by atoms with van der Waals surface area (Å²) in [7, 11) is 6.81. The van der Waals surface area contributed by atoms with Crippen LogP contribution in [0.2, 0.25) is 0 Å². The van der Waals surface area contributed by atoms with E-state index in [0.717, 1.165) is 12.8 Å². The van der Waals surface area contributed by atoms with Crippen LogP contribution in [0.4, 0.5) is 0 Å². The molecule has 314 valence electrons. The Morgan fingerprint density at radius 1 is 0.909 bits per heavy atom. The van der Waals surface area contributed by atoms with E-state index in [0.29, 0.717) is 18.5 Å². The van der Waals surface area contributed by atoms with Crippen molar-refractivity contribution in [3.63, 3.8) is 0 Å². The molecule has 4 amide bonds. The number of likely N-dealkylation sites (tertiary alicyclic amines) is 1. The minimum atomic E-state index is -0.878. The van der Waals surface area contributed by atoms with Crippen LogP contribution >= 0.6 is 0 Å². The number of nitrogens with zero attached hydrogens (tertiary/aromatic N) is 3. The lowest BCUT2D eigenvalue weighted by Gasteiger charge is -2.42. The molecule has 1 heterocycles. The summed E-state index contributed by atoms with van der Waals surface area (Å²) in [6, 6.07) is 6.65. The van der Waals surface area contributed by atoms with Crippen LogP contribution in [0.1, 0.15) is 114 Å². The van der Waals surface area contributed by atoms with Crippen molar-refractivity contribution < 1.29 is 33.8 Å². The highest BCUT2D eigenvalue weighted by molar-refractivity contribution is 5.90. The summed E-state index contributed by atoms with van der Waals surface area (Å²) in [5.41, 5.74) is 0.454. The Morgan fingerprint density at radius 3 is 2.00 bits per heavy atom. The average Bonchev–Trinajstić information content (AvgIpc) is 3.62. The molecule has 12 nitrogen and oxygen atoms in total. The Balaban J connectivity index is 2.28. The Kier molecular flexibility index (Phi) is 18.8. The highest BCUT2D eigenvalue weighted by Crippen LogP contribution is 2.30. The lowest BCUT2D eigenvalue weighted by atomic mass is 9.89. The number of nitrogens with one attached hydrogen (secondary N) is 2. The van der Waals surface area contributed by atoms with E-state index in [2.05, 4.69) is 43.2 Å². The maximum atomic E-state index is 14.4. The molecule has 0 aliphatic carbocycles. The number of likely N-dealkylation sites (N-methyl/N-ethyl adjacent to an activating group) is 2. The minimum absolute atomic E-state index is 0.0159. The van der Waals surface area contributed by atoms with E-state index in [1.165, 1.54) is 0 Å². The third-order valence-electron chi connectivity index (χ3n) is 11.8. The number of hydrogen-bond donors (Lipinski definition) is 3. The summed E-state index contributed by atoms with van der Waals surface area (Å²) in [6.07, 6.45) is 0.119. The summed E-state index contributed by atoms with van der Waals surface area (Å²) in [5.74, 6) is -1.62. The van der Waals surface area contributed by atoms with Gasteiger partial charge in [-0.3, -0.25) is 24.1 Å². The number of rotatable bonds is 20. The first-order valence-electron chi connectivity index (χ1n) is 20.3. The van der Waals surface area contributed by atoms with Gasteiger partial charge in [0.2, 0.25) is 23.6 Å². The molecule has 0 bridgehead atoms. The topological polar surface area (TPSA) is 141 Å². The largest absolute Gasteiger partial charge is 0.386 e. The van der Waals surface area contributed by atoms with Crippen LogP contribution in [0, 0.1) is 23.7 Å². The van der Waals surface area contributed by atoms with Crippen LogP contribution in [0.3, 0.4) is 0 Å². The first-order chi connectivity index (χ1) is 25.6. The molecule has 1 fully saturated rings. The van der Waals surface area contributed by atoms with Gasteiger partial charge in [-0.05, 0) is 70.9 Å². The maximum Gasteiger partial charge on any atom is 0.245 e. The molecule has 3 N–H and O–H groups in total. The van der Waals surface area contributed by atoms with Gasteiger partial charge in [0.1, 0.15) is 6.04 Å². The van der Waals surface area contributed by atoms with E-state index in [9.17, 15) is 24.3 Å². The second-order valence-electron chi connectivity index (χ2n) is 17.4. The summed E-state index contributed by atoms with van der Waals surface area (Å²) in [4.78, 5) is 61.5.